The van der Waals surface area contributed by atoms with Crippen LogP contribution in [0.2, 0.25) is 0 Å². The van der Waals surface area contributed by atoms with Crippen molar-refractivity contribution < 1.29 is 9.53 Å². The molecule has 19 heavy (non-hydrogen) atoms. The van der Waals surface area contributed by atoms with E-state index in [1.54, 1.807) is 7.11 Å². The van der Waals surface area contributed by atoms with Gasteiger partial charge in [-0.1, -0.05) is 0 Å². The van der Waals surface area contributed by atoms with Crippen molar-refractivity contribution in [3.63, 3.8) is 0 Å². The Bertz CT molecular complexity index is 427. The molecule has 0 radical (unpaired) electrons. The van der Waals surface area contributed by atoms with Crippen LogP contribution in [0.4, 0.5) is 11.6 Å². The third kappa shape index (κ3) is 3.54. The molecule has 1 aromatic rings. The zero-order valence-corrected chi connectivity index (χ0v) is 11.3. The number of nitrogens with zero attached hydrogens (tertiary/aromatic N) is 3. The van der Waals surface area contributed by atoms with E-state index >= 15 is 0 Å². The molecule has 1 fully saturated rings. The van der Waals surface area contributed by atoms with Crippen molar-refractivity contribution in [3.05, 3.63) is 11.9 Å². The molecule has 2 N–H and O–H groups in total. The molecule has 0 atom stereocenters. The van der Waals surface area contributed by atoms with Gasteiger partial charge >= 0.3 is 0 Å². The molecule has 1 aliphatic rings. The zero-order valence-electron chi connectivity index (χ0n) is 11.3. The maximum absolute atomic E-state index is 11.4. The molecular formula is C12H19N5O2. The van der Waals surface area contributed by atoms with Crippen LogP contribution in [-0.2, 0) is 16.1 Å². The van der Waals surface area contributed by atoms with E-state index in [1.165, 1.54) is 0 Å². The molecule has 1 amide bonds. The van der Waals surface area contributed by atoms with Crippen molar-refractivity contribution in [3.8, 4) is 0 Å². The van der Waals surface area contributed by atoms with Crippen LogP contribution in [0.1, 0.15) is 12.7 Å². The van der Waals surface area contributed by atoms with E-state index in [0.717, 1.165) is 24.7 Å². The monoisotopic (exact) mass is 265 g/mol. The molecule has 7 heteroatoms. The number of anilines is 2. The largest absolute Gasteiger partial charge is 0.377 e. The average molecular weight is 265 g/mol. The van der Waals surface area contributed by atoms with E-state index in [-0.39, 0.29) is 5.91 Å². The smallest absolute Gasteiger partial charge is 0.239 e. The number of nitrogens with one attached hydrogen (secondary N) is 2. The van der Waals surface area contributed by atoms with E-state index < -0.39 is 0 Å². The minimum Gasteiger partial charge on any atom is -0.377 e. The van der Waals surface area contributed by atoms with Crippen LogP contribution >= 0.6 is 0 Å². The van der Waals surface area contributed by atoms with E-state index in [1.807, 2.05) is 17.9 Å². The van der Waals surface area contributed by atoms with E-state index in [2.05, 4.69) is 20.6 Å². The lowest BCUT2D eigenvalue weighted by Gasteiger charge is -2.28. The van der Waals surface area contributed by atoms with Gasteiger partial charge in [0.25, 0.3) is 0 Å². The molecule has 2 rings (SSSR count). The van der Waals surface area contributed by atoms with Crippen molar-refractivity contribution >= 4 is 17.5 Å². The summed E-state index contributed by atoms with van der Waals surface area (Å²) in [7, 11) is 1.61. The van der Waals surface area contributed by atoms with Gasteiger partial charge in [0.2, 0.25) is 5.91 Å². The topological polar surface area (TPSA) is 79.4 Å². The first-order chi connectivity index (χ1) is 9.22. The Morgan fingerprint density at radius 2 is 2.37 bits per heavy atom. The number of piperazine rings is 1. The van der Waals surface area contributed by atoms with Gasteiger partial charge in [-0.25, -0.2) is 9.97 Å². The Labute approximate surface area is 112 Å². The van der Waals surface area contributed by atoms with Crippen molar-refractivity contribution in [2.45, 2.75) is 13.5 Å². The lowest BCUT2D eigenvalue weighted by atomic mass is 10.3. The fourth-order valence-corrected chi connectivity index (χ4v) is 1.94. The summed E-state index contributed by atoms with van der Waals surface area (Å²) in [4.78, 5) is 22.2. The van der Waals surface area contributed by atoms with Gasteiger partial charge in [0.05, 0.1) is 6.54 Å². The maximum Gasteiger partial charge on any atom is 0.239 e. The molecule has 0 aromatic carbocycles. The summed E-state index contributed by atoms with van der Waals surface area (Å²) in [6, 6.07) is 1.86. The summed E-state index contributed by atoms with van der Waals surface area (Å²) < 4.78 is 5.07. The van der Waals surface area contributed by atoms with Crippen LogP contribution in [0.25, 0.3) is 0 Å². The molecule has 1 aliphatic heterocycles. The maximum atomic E-state index is 11.4. The number of ether oxygens (including phenoxy) is 1. The number of hydrogen-bond donors (Lipinski definition) is 2. The molecule has 0 saturated carbocycles. The molecule has 7 nitrogen and oxygen atoms in total. The van der Waals surface area contributed by atoms with Gasteiger partial charge in [0.15, 0.2) is 5.82 Å². The predicted molar refractivity (Wildman–Crippen MR) is 72.1 cm³/mol. The number of aromatic nitrogens is 2. The first-order valence-electron chi connectivity index (χ1n) is 6.35. The van der Waals surface area contributed by atoms with Crippen LogP contribution in [0, 0.1) is 0 Å². The SMILES string of the molecule is CCNc1cc(N2CCNC(=O)C2)nc(COC)n1. The second-order valence-corrected chi connectivity index (χ2v) is 4.26. The van der Waals surface area contributed by atoms with Crippen LogP contribution in [-0.4, -0.2) is 49.2 Å². The summed E-state index contributed by atoms with van der Waals surface area (Å²) in [5.41, 5.74) is 0. The molecular weight excluding hydrogens is 246 g/mol. The average Bonchev–Trinajstić information content (AvgIpc) is 2.39. The second kappa shape index (κ2) is 6.33. The molecule has 2 heterocycles. The molecule has 1 saturated heterocycles. The van der Waals surface area contributed by atoms with Gasteiger partial charge in [0, 0.05) is 32.8 Å². The highest BCUT2D eigenvalue weighted by Crippen LogP contribution is 2.17. The minimum absolute atomic E-state index is 0.0168. The number of amides is 1. The fourth-order valence-electron chi connectivity index (χ4n) is 1.94. The third-order valence-corrected chi connectivity index (χ3v) is 2.75. The highest BCUT2D eigenvalue weighted by Gasteiger charge is 2.18. The highest BCUT2D eigenvalue weighted by molar-refractivity contribution is 5.82. The molecule has 1 aromatic heterocycles. The first kappa shape index (κ1) is 13.5. The van der Waals surface area contributed by atoms with E-state index in [4.69, 9.17) is 4.74 Å². The van der Waals surface area contributed by atoms with Crippen LogP contribution in [0.5, 0.6) is 0 Å². The number of rotatable bonds is 5. The number of methoxy groups -OCH3 is 1. The van der Waals surface area contributed by atoms with Gasteiger partial charge in [-0.2, -0.15) is 0 Å². The van der Waals surface area contributed by atoms with Crippen molar-refractivity contribution in [2.24, 2.45) is 0 Å². The Morgan fingerprint density at radius 1 is 1.53 bits per heavy atom. The van der Waals surface area contributed by atoms with Gasteiger partial charge in [-0.15, -0.1) is 0 Å². The Balaban J connectivity index is 2.24. The van der Waals surface area contributed by atoms with E-state index in [0.29, 0.717) is 25.5 Å². The molecule has 0 spiro atoms. The summed E-state index contributed by atoms with van der Waals surface area (Å²) in [6.07, 6.45) is 0. The van der Waals surface area contributed by atoms with Gasteiger partial charge in [-0.3, -0.25) is 4.79 Å². The molecule has 0 unspecified atom stereocenters. The van der Waals surface area contributed by atoms with Gasteiger partial charge in [-0.05, 0) is 6.92 Å². The van der Waals surface area contributed by atoms with Crippen molar-refractivity contribution in [1.29, 1.82) is 0 Å². The first-order valence-corrected chi connectivity index (χ1v) is 6.35. The standard InChI is InChI=1S/C12H19N5O2/c1-3-13-9-6-11(16-10(15-9)8-19-2)17-5-4-14-12(18)7-17/h6H,3-5,7-8H2,1-2H3,(H,14,18)(H,13,15,16). The Hall–Kier alpha value is -1.89. The lowest BCUT2D eigenvalue weighted by Crippen LogP contribution is -2.48. The number of carbonyl (C=O) groups excluding carboxylic acids is 1. The van der Waals surface area contributed by atoms with Crippen LogP contribution in [0.3, 0.4) is 0 Å². The highest BCUT2D eigenvalue weighted by atomic mass is 16.5. The molecule has 0 aliphatic carbocycles. The third-order valence-electron chi connectivity index (χ3n) is 2.75. The van der Waals surface area contributed by atoms with E-state index in [9.17, 15) is 4.79 Å². The van der Waals surface area contributed by atoms with Crippen molar-refractivity contribution in [1.82, 2.24) is 15.3 Å². The van der Waals surface area contributed by atoms with Crippen molar-refractivity contribution in [2.75, 3.05) is 43.5 Å². The minimum atomic E-state index is 0.0168. The zero-order chi connectivity index (χ0) is 13.7. The quantitative estimate of drug-likeness (QED) is 0.779. The number of carbonyl (C=O) groups is 1. The Kier molecular flexibility index (Phi) is 4.51. The fraction of sp³-hybridized carbons (Fsp3) is 0.583. The van der Waals surface area contributed by atoms with Gasteiger partial charge < -0.3 is 20.3 Å². The van der Waals surface area contributed by atoms with Crippen LogP contribution < -0.4 is 15.5 Å². The Morgan fingerprint density at radius 3 is 3.05 bits per heavy atom. The predicted octanol–water partition coefficient (Wildman–Crippen LogP) is -0.00900. The summed E-state index contributed by atoms with van der Waals surface area (Å²) >= 11 is 0. The summed E-state index contributed by atoms with van der Waals surface area (Å²) in [6.45, 7) is 4.86. The van der Waals surface area contributed by atoms with Gasteiger partial charge in [0.1, 0.15) is 18.2 Å². The number of hydrogen-bond acceptors (Lipinski definition) is 6. The molecule has 0 bridgehead atoms. The lowest BCUT2D eigenvalue weighted by molar-refractivity contribution is -0.120. The normalized spacial score (nSPS) is 15.3. The summed E-state index contributed by atoms with van der Waals surface area (Å²) in [5, 5.41) is 5.96. The molecule has 104 valence electrons. The van der Waals surface area contributed by atoms with Crippen LogP contribution in [0.15, 0.2) is 6.07 Å². The summed E-state index contributed by atoms with van der Waals surface area (Å²) in [5.74, 6) is 2.14. The second-order valence-electron chi connectivity index (χ2n) is 4.26.